The summed E-state index contributed by atoms with van der Waals surface area (Å²) in [6.07, 6.45) is 0.526. The molecule has 0 radical (unpaired) electrons. The number of amides is 1. The SMILES string of the molecule is CC(C)N1CCN(c2nn3c(-c4ccnc(CNC(=O)O)c4)c(-c4ccc(F)cc4)nc3s2)CC1. The molecule has 0 spiro atoms. The highest BCUT2D eigenvalue weighted by atomic mass is 32.1. The molecular formula is C24H26FN7O2S. The second kappa shape index (κ2) is 9.59. The van der Waals surface area contributed by atoms with Gasteiger partial charge in [0.25, 0.3) is 0 Å². The van der Waals surface area contributed by atoms with Crippen molar-refractivity contribution in [1.29, 1.82) is 0 Å². The molecule has 4 aromatic rings. The average molecular weight is 496 g/mol. The van der Waals surface area contributed by atoms with Crippen molar-refractivity contribution in [3.8, 4) is 22.5 Å². The van der Waals surface area contributed by atoms with Gasteiger partial charge in [-0.25, -0.2) is 18.7 Å². The fraction of sp³-hybridized carbons (Fsp3) is 0.333. The molecule has 3 aromatic heterocycles. The van der Waals surface area contributed by atoms with E-state index in [-0.39, 0.29) is 12.4 Å². The van der Waals surface area contributed by atoms with Crippen molar-refractivity contribution in [1.82, 2.24) is 29.8 Å². The van der Waals surface area contributed by atoms with Gasteiger partial charge in [-0.05, 0) is 50.2 Å². The molecule has 0 atom stereocenters. The number of pyridine rings is 1. The maximum absolute atomic E-state index is 13.6. The average Bonchev–Trinajstić information content (AvgIpc) is 3.42. The van der Waals surface area contributed by atoms with Gasteiger partial charge in [0.2, 0.25) is 10.1 Å². The van der Waals surface area contributed by atoms with Crippen LogP contribution in [-0.2, 0) is 6.54 Å². The number of hydrogen-bond acceptors (Lipinski definition) is 7. The van der Waals surface area contributed by atoms with Crippen LogP contribution in [0.25, 0.3) is 27.5 Å². The highest BCUT2D eigenvalue weighted by Gasteiger charge is 2.25. The summed E-state index contributed by atoms with van der Waals surface area (Å²) in [5, 5.41) is 17.1. The summed E-state index contributed by atoms with van der Waals surface area (Å²) in [6, 6.07) is 10.4. The van der Waals surface area contributed by atoms with Gasteiger partial charge in [0.15, 0.2) is 0 Å². The van der Waals surface area contributed by atoms with Crippen molar-refractivity contribution in [2.45, 2.75) is 26.4 Å². The number of fused-ring (bicyclic) bond motifs is 1. The van der Waals surface area contributed by atoms with Crippen LogP contribution >= 0.6 is 11.3 Å². The summed E-state index contributed by atoms with van der Waals surface area (Å²) in [4.78, 5) is 25.6. The van der Waals surface area contributed by atoms with Gasteiger partial charge in [0, 0.05) is 49.5 Å². The molecule has 0 aliphatic carbocycles. The molecule has 5 rings (SSSR count). The third-order valence-corrected chi connectivity index (χ3v) is 7.11. The van der Waals surface area contributed by atoms with Gasteiger partial charge in [-0.1, -0.05) is 11.3 Å². The molecule has 2 N–H and O–H groups in total. The van der Waals surface area contributed by atoms with Gasteiger partial charge in [-0.15, -0.1) is 5.10 Å². The first-order valence-electron chi connectivity index (χ1n) is 11.5. The Hall–Kier alpha value is -3.57. The quantitative estimate of drug-likeness (QED) is 0.418. The molecule has 35 heavy (non-hydrogen) atoms. The molecule has 0 bridgehead atoms. The van der Waals surface area contributed by atoms with E-state index in [4.69, 9.17) is 15.2 Å². The number of hydrogen-bond donors (Lipinski definition) is 2. The van der Waals surface area contributed by atoms with Gasteiger partial charge in [0.05, 0.1) is 12.2 Å². The van der Waals surface area contributed by atoms with Crippen LogP contribution in [0.5, 0.6) is 0 Å². The molecule has 9 nitrogen and oxygen atoms in total. The largest absolute Gasteiger partial charge is 0.465 e. The molecular weight excluding hydrogens is 469 g/mol. The van der Waals surface area contributed by atoms with Crippen LogP contribution in [-0.4, -0.2) is 67.9 Å². The van der Waals surface area contributed by atoms with Crippen LogP contribution in [0.1, 0.15) is 19.5 Å². The van der Waals surface area contributed by atoms with Gasteiger partial charge < -0.3 is 15.3 Å². The molecule has 1 fully saturated rings. The van der Waals surface area contributed by atoms with Gasteiger partial charge in [0.1, 0.15) is 17.2 Å². The molecule has 1 amide bonds. The van der Waals surface area contributed by atoms with Crippen LogP contribution in [0.2, 0.25) is 0 Å². The number of nitrogens with zero attached hydrogens (tertiary/aromatic N) is 6. The number of benzene rings is 1. The maximum Gasteiger partial charge on any atom is 0.404 e. The predicted octanol–water partition coefficient (Wildman–Crippen LogP) is 3.96. The molecule has 4 heterocycles. The summed E-state index contributed by atoms with van der Waals surface area (Å²) in [5.74, 6) is -0.316. The van der Waals surface area contributed by atoms with E-state index in [9.17, 15) is 9.18 Å². The van der Waals surface area contributed by atoms with E-state index in [1.807, 2.05) is 16.6 Å². The fourth-order valence-electron chi connectivity index (χ4n) is 4.25. The van der Waals surface area contributed by atoms with E-state index >= 15 is 0 Å². The van der Waals surface area contributed by atoms with Crippen molar-refractivity contribution in [2.75, 3.05) is 31.1 Å². The second-order valence-corrected chi connectivity index (χ2v) is 9.64. The number of aromatic nitrogens is 4. The number of imidazole rings is 1. The van der Waals surface area contributed by atoms with E-state index in [2.05, 4.69) is 33.9 Å². The minimum atomic E-state index is -1.11. The minimum Gasteiger partial charge on any atom is -0.465 e. The smallest absolute Gasteiger partial charge is 0.404 e. The Balaban J connectivity index is 1.55. The molecule has 0 unspecified atom stereocenters. The fourth-order valence-corrected chi connectivity index (χ4v) is 5.21. The standard InChI is InChI=1S/C24H26FN7O2S/c1-15(2)30-9-11-31(12-10-30)23-29-32-21(17-7-8-26-19(13-17)14-27-24(33)34)20(28-22(32)35-23)16-3-5-18(25)6-4-16/h3-8,13,15,27H,9-12,14H2,1-2H3,(H,33,34). The molecule has 1 saturated heterocycles. The van der Waals surface area contributed by atoms with Crippen molar-refractivity contribution >= 4 is 27.5 Å². The number of carbonyl (C=O) groups is 1. The number of carboxylic acid groups (broad SMARTS) is 1. The lowest BCUT2D eigenvalue weighted by atomic mass is 10.1. The Labute approximate surface area is 205 Å². The first-order valence-corrected chi connectivity index (χ1v) is 12.3. The zero-order chi connectivity index (χ0) is 24.5. The van der Waals surface area contributed by atoms with Crippen LogP contribution in [0, 0.1) is 5.82 Å². The van der Waals surface area contributed by atoms with Crippen LogP contribution in [0.4, 0.5) is 14.3 Å². The first kappa shape index (κ1) is 23.2. The van der Waals surface area contributed by atoms with Crippen LogP contribution in [0.15, 0.2) is 42.6 Å². The normalized spacial score (nSPS) is 14.7. The van der Waals surface area contributed by atoms with Gasteiger partial charge >= 0.3 is 6.09 Å². The Kier molecular flexibility index (Phi) is 6.35. The first-order chi connectivity index (χ1) is 16.9. The molecule has 0 saturated carbocycles. The predicted molar refractivity (Wildman–Crippen MR) is 133 cm³/mol. The molecule has 1 aromatic carbocycles. The van der Waals surface area contributed by atoms with Gasteiger partial charge in [-0.2, -0.15) is 0 Å². The zero-order valence-electron chi connectivity index (χ0n) is 19.5. The lowest BCUT2D eigenvalue weighted by Gasteiger charge is -2.36. The molecule has 182 valence electrons. The van der Waals surface area contributed by atoms with Crippen LogP contribution < -0.4 is 10.2 Å². The summed E-state index contributed by atoms with van der Waals surface area (Å²) in [5.41, 5.74) is 3.59. The van der Waals surface area contributed by atoms with E-state index in [1.165, 1.54) is 23.5 Å². The lowest BCUT2D eigenvalue weighted by molar-refractivity contribution is 0.194. The number of piperazine rings is 1. The topological polar surface area (TPSA) is 98.9 Å². The summed E-state index contributed by atoms with van der Waals surface area (Å²) < 4.78 is 15.4. The van der Waals surface area contributed by atoms with Crippen molar-refractivity contribution in [3.05, 3.63) is 54.1 Å². The highest BCUT2D eigenvalue weighted by molar-refractivity contribution is 7.20. The third kappa shape index (κ3) is 4.82. The molecule has 1 aliphatic rings. The Morgan fingerprint density at radius 1 is 1.14 bits per heavy atom. The monoisotopic (exact) mass is 495 g/mol. The summed E-state index contributed by atoms with van der Waals surface area (Å²) >= 11 is 1.53. The van der Waals surface area contributed by atoms with E-state index in [0.717, 1.165) is 53.1 Å². The van der Waals surface area contributed by atoms with Crippen molar-refractivity contribution in [3.63, 3.8) is 0 Å². The number of nitrogens with one attached hydrogen (secondary N) is 1. The highest BCUT2D eigenvalue weighted by Crippen LogP contribution is 2.36. The number of rotatable bonds is 6. The second-order valence-electron chi connectivity index (χ2n) is 8.71. The molecule has 1 aliphatic heterocycles. The lowest BCUT2D eigenvalue weighted by Crippen LogP contribution is -2.48. The summed E-state index contributed by atoms with van der Waals surface area (Å²) in [6.45, 7) is 8.27. The van der Waals surface area contributed by atoms with E-state index in [0.29, 0.717) is 17.4 Å². The number of anilines is 1. The maximum atomic E-state index is 13.6. The van der Waals surface area contributed by atoms with E-state index in [1.54, 1.807) is 18.3 Å². The number of halogens is 1. The van der Waals surface area contributed by atoms with Crippen molar-refractivity contribution in [2.24, 2.45) is 0 Å². The Bertz CT molecular complexity index is 1340. The zero-order valence-corrected chi connectivity index (χ0v) is 20.3. The van der Waals surface area contributed by atoms with E-state index < -0.39 is 6.09 Å². The van der Waals surface area contributed by atoms with Gasteiger partial charge in [-0.3, -0.25) is 9.88 Å². The third-order valence-electron chi connectivity index (χ3n) is 6.14. The minimum absolute atomic E-state index is 0.0828. The Morgan fingerprint density at radius 2 is 1.89 bits per heavy atom. The Morgan fingerprint density at radius 3 is 2.57 bits per heavy atom. The molecule has 11 heteroatoms. The van der Waals surface area contributed by atoms with Crippen molar-refractivity contribution < 1.29 is 14.3 Å². The summed E-state index contributed by atoms with van der Waals surface area (Å²) in [7, 11) is 0. The van der Waals surface area contributed by atoms with Crippen LogP contribution in [0.3, 0.4) is 0 Å².